The van der Waals surface area contributed by atoms with Gasteiger partial charge in [-0.3, -0.25) is 9.59 Å². The van der Waals surface area contributed by atoms with Crippen molar-refractivity contribution in [2.75, 3.05) is 62.0 Å². The van der Waals surface area contributed by atoms with E-state index in [-0.39, 0.29) is 22.9 Å². The number of hydrogen-bond acceptors (Lipinski definition) is 7. The number of benzene rings is 2. The molecule has 0 unspecified atom stereocenters. The number of aromatic nitrogens is 1. The normalized spacial score (nSPS) is 17.5. The molecule has 1 aromatic heterocycles. The number of likely N-dealkylation sites (N-methyl/N-ethyl adjacent to an activating group) is 1. The summed E-state index contributed by atoms with van der Waals surface area (Å²) in [5.41, 5.74) is 0.722. The van der Waals surface area contributed by atoms with Crippen LogP contribution in [0.3, 0.4) is 0 Å². The number of amides is 2. The van der Waals surface area contributed by atoms with E-state index in [0.29, 0.717) is 49.1 Å². The summed E-state index contributed by atoms with van der Waals surface area (Å²) in [7, 11) is 2.02. The Morgan fingerprint density at radius 3 is 2.44 bits per heavy atom. The number of nitrogens with zero attached hydrogens (tertiary/aromatic N) is 3. The number of alkyl halides is 3. The molecule has 2 aliphatic rings. The number of piperazine rings is 1. The van der Waals surface area contributed by atoms with Crippen molar-refractivity contribution in [3.8, 4) is 5.75 Å². The van der Waals surface area contributed by atoms with E-state index in [9.17, 15) is 22.8 Å². The molecule has 2 aliphatic heterocycles. The second-order valence-electron chi connectivity index (χ2n) is 10.7. The van der Waals surface area contributed by atoms with Crippen LogP contribution in [-0.2, 0) is 10.9 Å². The number of nitrogens with one attached hydrogen (secondary N) is 2. The molecular formula is C31H34F3N5O4. The Kier molecular flexibility index (Phi) is 9.16. The third-order valence-corrected chi connectivity index (χ3v) is 7.56. The third-order valence-electron chi connectivity index (χ3n) is 7.56. The molecule has 0 aliphatic carbocycles. The van der Waals surface area contributed by atoms with E-state index in [0.717, 1.165) is 38.1 Å². The first kappa shape index (κ1) is 30.3. The molecule has 9 nitrogen and oxygen atoms in total. The Balaban J connectivity index is 1.38. The first-order valence-corrected chi connectivity index (χ1v) is 14.2. The lowest BCUT2D eigenvalue weighted by Gasteiger charge is -2.35. The minimum Gasteiger partial charge on any atom is -0.489 e. The van der Waals surface area contributed by atoms with E-state index in [4.69, 9.17) is 9.47 Å². The standard InChI is InChI=1S/C31H34F3N5O4/c1-20-23(10-12-28(35-20)31(32,33)34)30(41)37-25-18-21(9-11-26(25)39-15-13-38(2)14-16-39)29(40)36-24-7-3-4-8-27(24)43-19-22-6-5-17-42-22/h3-4,7-12,18,22H,5-6,13-17,19H2,1-2H3,(H,36,40)(H,37,41)/t22-/m1/s1. The molecule has 2 N–H and O–H groups in total. The van der Waals surface area contributed by atoms with Crippen LogP contribution in [0.2, 0.25) is 0 Å². The van der Waals surface area contributed by atoms with Crippen molar-refractivity contribution < 1.29 is 32.2 Å². The van der Waals surface area contributed by atoms with E-state index in [1.807, 2.05) is 13.1 Å². The number of anilines is 3. The quantitative estimate of drug-likeness (QED) is 0.368. The average molecular weight is 598 g/mol. The van der Waals surface area contributed by atoms with Crippen molar-refractivity contribution in [3.63, 3.8) is 0 Å². The van der Waals surface area contributed by atoms with Gasteiger partial charge in [-0.1, -0.05) is 12.1 Å². The zero-order valence-corrected chi connectivity index (χ0v) is 24.0. The highest BCUT2D eigenvalue weighted by molar-refractivity contribution is 6.09. The van der Waals surface area contributed by atoms with E-state index < -0.39 is 23.7 Å². The van der Waals surface area contributed by atoms with Crippen LogP contribution in [0.25, 0.3) is 0 Å². The Morgan fingerprint density at radius 2 is 1.74 bits per heavy atom. The minimum atomic E-state index is -4.62. The van der Waals surface area contributed by atoms with Crippen LogP contribution in [0.15, 0.2) is 54.6 Å². The second-order valence-corrected chi connectivity index (χ2v) is 10.7. The van der Waals surface area contributed by atoms with Gasteiger partial charge < -0.3 is 29.9 Å². The van der Waals surface area contributed by atoms with Gasteiger partial charge >= 0.3 is 6.18 Å². The van der Waals surface area contributed by atoms with Crippen molar-refractivity contribution in [1.29, 1.82) is 0 Å². The lowest BCUT2D eigenvalue weighted by atomic mass is 10.1. The van der Waals surface area contributed by atoms with Crippen molar-refractivity contribution in [3.05, 3.63) is 77.1 Å². The molecule has 1 atom stereocenters. The lowest BCUT2D eigenvalue weighted by molar-refractivity contribution is -0.141. The Labute approximate surface area is 248 Å². The highest BCUT2D eigenvalue weighted by atomic mass is 19.4. The monoisotopic (exact) mass is 597 g/mol. The molecule has 0 spiro atoms. The number of hydrogen-bond donors (Lipinski definition) is 2. The van der Waals surface area contributed by atoms with Gasteiger partial charge in [0.1, 0.15) is 18.1 Å². The van der Waals surface area contributed by atoms with E-state index in [1.54, 1.807) is 36.4 Å². The van der Waals surface area contributed by atoms with Crippen LogP contribution >= 0.6 is 0 Å². The van der Waals surface area contributed by atoms with Gasteiger partial charge in [-0.25, -0.2) is 4.98 Å². The van der Waals surface area contributed by atoms with Crippen molar-refractivity contribution in [1.82, 2.24) is 9.88 Å². The first-order valence-electron chi connectivity index (χ1n) is 14.2. The Morgan fingerprint density at radius 1 is 1.00 bits per heavy atom. The number of pyridine rings is 1. The summed E-state index contributed by atoms with van der Waals surface area (Å²) in [4.78, 5) is 34.6. The predicted octanol–water partition coefficient (Wildman–Crippen LogP) is 5.22. The molecule has 2 fully saturated rings. The number of rotatable bonds is 8. The summed E-state index contributed by atoms with van der Waals surface area (Å²) in [6.45, 7) is 5.45. The Bertz CT molecular complexity index is 1470. The van der Waals surface area contributed by atoms with E-state index in [1.165, 1.54) is 6.92 Å². The van der Waals surface area contributed by atoms with Crippen LogP contribution in [0, 0.1) is 6.92 Å². The number of para-hydroxylation sites is 2. The highest BCUT2D eigenvalue weighted by Gasteiger charge is 2.33. The summed E-state index contributed by atoms with van der Waals surface area (Å²) >= 11 is 0. The van der Waals surface area contributed by atoms with Crippen LogP contribution < -0.4 is 20.3 Å². The maximum Gasteiger partial charge on any atom is 0.433 e. The van der Waals surface area contributed by atoms with Gasteiger partial charge in [0, 0.05) is 38.3 Å². The smallest absolute Gasteiger partial charge is 0.433 e. The predicted molar refractivity (Wildman–Crippen MR) is 157 cm³/mol. The topological polar surface area (TPSA) is 96.0 Å². The number of aryl methyl sites for hydroxylation is 1. The SMILES string of the molecule is Cc1nc(C(F)(F)F)ccc1C(=O)Nc1cc(C(=O)Nc2ccccc2OC[C@H]2CCCO2)ccc1N1CCN(C)CC1. The molecule has 3 aromatic rings. The molecule has 228 valence electrons. The zero-order chi connectivity index (χ0) is 30.6. The molecule has 2 aromatic carbocycles. The fourth-order valence-corrected chi connectivity index (χ4v) is 5.10. The van der Waals surface area contributed by atoms with E-state index in [2.05, 4.69) is 25.4 Å². The molecular weight excluding hydrogens is 563 g/mol. The van der Waals surface area contributed by atoms with Gasteiger partial charge in [-0.2, -0.15) is 13.2 Å². The summed E-state index contributed by atoms with van der Waals surface area (Å²) < 4.78 is 51.0. The molecule has 2 amide bonds. The molecule has 0 saturated carbocycles. The molecule has 2 saturated heterocycles. The van der Waals surface area contributed by atoms with Gasteiger partial charge in [0.15, 0.2) is 0 Å². The lowest BCUT2D eigenvalue weighted by Crippen LogP contribution is -2.44. The summed E-state index contributed by atoms with van der Waals surface area (Å²) in [5.74, 6) is -0.528. The molecule has 12 heteroatoms. The highest BCUT2D eigenvalue weighted by Crippen LogP contribution is 2.32. The first-order chi connectivity index (χ1) is 20.6. The van der Waals surface area contributed by atoms with Gasteiger partial charge in [0.25, 0.3) is 11.8 Å². The fourth-order valence-electron chi connectivity index (χ4n) is 5.10. The zero-order valence-electron chi connectivity index (χ0n) is 24.0. The number of carbonyl (C=O) groups excluding carboxylic acids is 2. The average Bonchev–Trinajstić information content (AvgIpc) is 3.50. The number of halogens is 3. The van der Waals surface area contributed by atoms with Crippen molar-refractivity contribution in [2.45, 2.75) is 32.0 Å². The summed E-state index contributed by atoms with van der Waals surface area (Å²) in [6.07, 6.45) is -2.69. The molecule has 5 rings (SSSR count). The summed E-state index contributed by atoms with van der Waals surface area (Å²) in [6, 6.07) is 14.0. The summed E-state index contributed by atoms with van der Waals surface area (Å²) in [5, 5.41) is 5.72. The van der Waals surface area contributed by atoms with Crippen LogP contribution in [0.4, 0.5) is 30.2 Å². The van der Waals surface area contributed by atoms with Crippen LogP contribution in [0.1, 0.15) is 44.9 Å². The van der Waals surface area contributed by atoms with Crippen molar-refractivity contribution >= 4 is 28.9 Å². The van der Waals surface area contributed by atoms with Crippen LogP contribution in [0.5, 0.6) is 5.75 Å². The third kappa shape index (κ3) is 7.44. The molecule has 0 radical (unpaired) electrons. The molecule has 0 bridgehead atoms. The second kappa shape index (κ2) is 13.0. The number of ether oxygens (including phenoxy) is 2. The van der Waals surface area contributed by atoms with Crippen LogP contribution in [-0.4, -0.2) is 74.2 Å². The molecule has 43 heavy (non-hydrogen) atoms. The van der Waals surface area contributed by atoms with Gasteiger partial charge in [0.2, 0.25) is 0 Å². The van der Waals surface area contributed by atoms with Gasteiger partial charge in [-0.05, 0) is 69.3 Å². The number of carbonyl (C=O) groups is 2. The fraction of sp³-hybridized carbons (Fsp3) is 0.387. The van der Waals surface area contributed by atoms with E-state index >= 15 is 0 Å². The maximum absolute atomic E-state index is 13.4. The molecule has 3 heterocycles. The maximum atomic E-state index is 13.4. The van der Waals surface area contributed by atoms with Crippen molar-refractivity contribution in [2.24, 2.45) is 0 Å². The largest absolute Gasteiger partial charge is 0.489 e. The Hall–Kier alpha value is -4.16. The van der Waals surface area contributed by atoms with Gasteiger partial charge in [0.05, 0.1) is 34.4 Å². The van der Waals surface area contributed by atoms with Gasteiger partial charge in [-0.15, -0.1) is 0 Å². The minimum absolute atomic E-state index is 0.00417.